The van der Waals surface area contributed by atoms with E-state index in [2.05, 4.69) is 9.72 Å². The van der Waals surface area contributed by atoms with Crippen molar-refractivity contribution in [2.24, 2.45) is 0 Å². The average Bonchev–Trinajstić information content (AvgIpc) is 2.46. The number of carbonyl (C=O) groups is 1. The minimum Gasteiger partial charge on any atom is -0.467 e. The van der Waals surface area contributed by atoms with Crippen LogP contribution in [0.4, 0.5) is 0 Å². The molecular formula is C10H13N3O7S. The number of nitrogens with one attached hydrogen (secondary N) is 2. The second-order valence-electron chi connectivity index (χ2n) is 4.18. The Balaban J connectivity index is 2.33. The molecule has 21 heavy (non-hydrogen) atoms. The summed E-state index contributed by atoms with van der Waals surface area (Å²) in [6.07, 6.45) is -0.237. The zero-order chi connectivity index (χ0) is 15.6. The van der Waals surface area contributed by atoms with Gasteiger partial charge in [-0.15, -0.1) is 0 Å². The largest absolute Gasteiger partial charge is 0.467 e. The molecule has 1 aliphatic rings. The highest BCUT2D eigenvalue weighted by Crippen LogP contribution is 2.15. The molecule has 1 aromatic rings. The number of morpholine rings is 1. The molecule has 1 aliphatic heterocycles. The Labute approximate surface area is 118 Å². The third-order valence-electron chi connectivity index (χ3n) is 2.90. The van der Waals surface area contributed by atoms with E-state index >= 15 is 0 Å². The lowest BCUT2D eigenvalue weighted by molar-refractivity contribution is -0.157. The lowest BCUT2D eigenvalue weighted by Crippen LogP contribution is -2.49. The highest BCUT2D eigenvalue weighted by molar-refractivity contribution is 7.89. The van der Waals surface area contributed by atoms with Gasteiger partial charge in [0.25, 0.3) is 5.56 Å². The predicted octanol–water partition coefficient (Wildman–Crippen LogP) is -2.37. The maximum atomic E-state index is 12.4. The van der Waals surface area contributed by atoms with Crippen molar-refractivity contribution in [3.05, 3.63) is 27.0 Å². The molecule has 0 radical (unpaired) electrons. The Bertz CT molecular complexity index is 750. The van der Waals surface area contributed by atoms with Gasteiger partial charge in [-0.3, -0.25) is 9.78 Å². The van der Waals surface area contributed by atoms with Crippen LogP contribution >= 0.6 is 0 Å². The van der Waals surface area contributed by atoms with Gasteiger partial charge in [-0.25, -0.2) is 18.0 Å². The van der Waals surface area contributed by atoms with Gasteiger partial charge < -0.3 is 14.5 Å². The first-order valence-electron chi connectivity index (χ1n) is 5.88. The zero-order valence-corrected chi connectivity index (χ0v) is 11.8. The van der Waals surface area contributed by atoms with Crippen molar-refractivity contribution < 1.29 is 22.7 Å². The Morgan fingerprint density at radius 1 is 1.48 bits per heavy atom. The minimum absolute atomic E-state index is 0.0136. The van der Waals surface area contributed by atoms with Crippen LogP contribution in [0, 0.1) is 0 Å². The summed E-state index contributed by atoms with van der Waals surface area (Å²) < 4.78 is 35.2. The fourth-order valence-electron chi connectivity index (χ4n) is 1.85. The molecule has 1 saturated heterocycles. The van der Waals surface area contributed by atoms with Gasteiger partial charge in [0, 0.05) is 12.7 Å². The van der Waals surface area contributed by atoms with Gasteiger partial charge >= 0.3 is 11.7 Å². The molecule has 2 N–H and O–H groups in total. The molecule has 0 bridgehead atoms. The van der Waals surface area contributed by atoms with E-state index in [1.807, 2.05) is 4.98 Å². The lowest BCUT2D eigenvalue weighted by Gasteiger charge is -2.30. The number of methoxy groups -OCH3 is 1. The third kappa shape index (κ3) is 3.04. The Morgan fingerprint density at radius 3 is 2.81 bits per heavy atom. The molecule has 0 aliphatic carbocycles. The first-order chi connectivity index (χ1) is 9.86. The Morgan fingerprint density at radius 2 is 2.19 bits per heavy atom. The van der Waals surface area contributed by atoms with Crippen molar-refractivity contribution in [3.8, 4) is 0 Å². The van der Waals surface area contributed by atoms with E-state index in [0.29, 0.717) is 0 Å². The van der Waals surface area contributed by atoms with Crippen molar-refractivity contribution in [1.82, 2.24) is 14.3 Å². The summed E-state index contributed by atoms with van der Waals surface area (Å²) in [4.78, 5) is 37.2. The van der Waals surface area contributed by atoms with Gasteiger partial charge in [-0.2, -0.15) is 4.31 Å². The van der Waals surface area contributed by atoms with Gasteiger partial charge in [0.2, 0.25) is 10.0 Å². The topological polar surface area (TPSA) is 139 Å². The number of ether oxygens (including phenoxy) is 2. The van der Waals surface area contributed by atoms with Gasteiger partial charge in [-0.05, 0) is 0 Å². The van der Waals surface area contributed by atoms with Gasteiger partial charge in [0.05, 0.1) is 20.3 Å². The van der Waals surface area contributed by atoms with Gasteiger partial charge in [0.1, 0.15) is 0 Å². The van der Waals surface area contributed by atoms with Crippen LogP contribution in [0.2, 0.25) is 0 Å². The average molecular weight is 319 g/mol. The molecule has 1 atom stereocenters. The second kappa shape index (κ2) is 5.79. The normalized spacial score (nSPS) is 20.1. The zero-order valence-electron chi connectivity index (χ0n) is 11.0. The molecule has 0 saturated carbocycles. The molecule has 0 amide bonds. The molecule has 1 aromatic heterocycles. The van der Waals surface area contributed by atoms with Crippen LogP contribution in [0.5, 0.6) is 0 Å². The Kier molecular flexibility index (Phi) is 4.25. The number of carbonyl (C=O) groups excluding carboxylic acids is 1. The van der Waals surface area contributed by atoms with E-state index in [1.54, 1.807) is 0 Å². The van der Waals surface area contributed by atoms with E-state index in [0.717, 1.165) is 17.6 Å². The van der Waals surface area contributed by atoms with Crippen LogP contribution in [0.1, 0.15) is 0 Å². The van der Waals surface area contributed by atoms with E-state index in [-0.39, 0.29) is 19.7 Å². The molecule has 0 spiro atoms. The molecular weight excluding hydrogens is 306 g/mol. The summed E-state index contributed by atoms with van der Waals surface area (Å²) in [5, 5.41) is 0. The quantitative estimate of drug-likeness (QED) is 0.593. The lowest BCUT2D eigenvalue weighted by atomic mass is 10.3. The number of H-pyrrole nitrogens is 2. The van der Waals surface area contributed by atoms with Crippen molar-refractivity contribution in [2.75, 3.05) is 26.8 Å². The number of hydrogen-bond donors (Lipinski definition) is 2. The summed E-state index contributed by atoms with van der Waals surface area (Å²) in [5.41, 5.74) is -1.84. The molecule has 1 fully saturated rings. The molecule has 2 rings (SSSR count). The molecule has 2 heterocycles. The maximum Gasteiger partial charge on any atom is 0.336 e. The van der Waals surface area contributed by atoms with Gasteiger partial charge in [0.15, 0.2) is 11.0 Å². The number of rotatable bonds is 3. The fourth-order valence-corrected chi connectivity index (χ4v) is 3.26. The van der Waals surface area contributed by atoms with Crippen LogP contribution < -0.4 is 11.2 Å². The second-order valence-corrected chi connectivity index (χ2v) is 6.09. The molecule has 0 aromatic carbocycles. The number of aromatic nitrogens is 2. The van der Waals surface area contributed by atoms with Crippen molar-refractivity contribution in [3.63, 3.8) is 0 Å². The van der Waals surface area contributed by atoms with Gasteiger partial charge in [-0.1, -0.05) is 0 Å². The monoisotopic (exact) mass is 319 g/mol. The standard InChI is InChI=1S/C10H13N3O7S/c1-19-9(15)6-5-13(2-3-20-6)21(17,18)7-4-11-10(16)12-8(7)14/h4,6H,2-3,5H2,1H3,(H2,11,12,14,16). The van der Waals surface area contributed by atoms with Crippen molar-refractivity contribution in [2.45, 2.75) is 11.0 Å². The van der Waals surface area contributed by atoms with Crippen LogP contribution in [0.25, 0.3) is 0 Å². The number of nitrogens with zero attached hydrogens (tertiary/aromatic N) is 1. The minimum atomic E-state index is -4.15. The van der Waals surface area contributed by atoms with Crippen LogP contribution in [0.3, 0.4) is 0 Å². The number of aromatic amines is 2. The first kappa shape index (κ1) is 15.4. The highest BCUT2D eigenvalue weighted by Gasteiger charge is 2.35. The smallest absolute Gasteiger partial charge is 0.336 e. The summed E-state index contributed by atoms with van der Waals surface area (Å²) in [7, 11) is -2.99. The summed E-state index contributed by atoms with van der Waals surface area (Å²) >= 11 is 0. The SMILES string of the molecule is COC(=O)C1CN(S(=O)(=O)c2c[nH]c(=O)[nH]c2=O)CCO1. The molecule has 1 unspecified atom stereocenters. The summed E-state index contributed by atoms with van der Waals surface area (Å²) in [5.74, 6) is -0.703. The van der Waals surface area contributed by atoms with E-state index in [1.165, 1.54) is 0 Å². The molecule has 116 valence electrons. The highest BCUT2D eigenvalue weighted by atomic mass is 32.2. The molecule has 11 heteroatoms. The Hall–Kier alpha value is -1.98. The van der Waals surface area contributed by atoms with Crippen LogP contribution in [0.15, 0.2) is 20.7 Å². The number of hydrogen-bond acceptors (Lipinski definition) is 7. The maximum absolute atomic E-state index is 12.4. The third-order valence-corrected chi connectivity index (χ3v) is 4.77. The fraction of sp³-hybridized carbons (Fsp3) is 0.500. The number of esters is 1. The van der Waals surface area contributed by atoms with Crippen molar-refractivity contribution >= 4 is 16.0 Å². The predicted molar refractivity (Wildman–Crippen MR) is 68.2 cm³/mol. The van der Waals surface area contributed by atoms with E-state index < -0.39 is 38.2 Å². The van der Waals surface area contributed by atoms with E-state index in [4.69, 9.17) is 4.74 Å². The first-order valence-corrected chi connectivity index (χ1v) is 7.32. The van der Waals surface area contributed by atoms with Crippen LogP contribution in [-0.2, 0) is 24.3 Å². The van der Waals surface area contributed by atoms with Crippen LogP contribution in [-0.4, -0.2) is 61.6 Å². The molecule has 10 nitrogen and oxygen atoms in total. The summed E-state index contributed by atoms with van der Waals surface area (Å²) in [6, 6.07) is 0. The van der Waals surface area contributed by atoms with Crippen molar-refractivity contribution in [1.29, 1.82) is 0 Å². The summed E-state index contributed by atoms with van der Waals surface area (Å²) in [6.45, 7) is -0.303. The number of sulfonamides is 1. The van der Waals surface area contributed by atoms with E-state index in [9.17, 15) is 22.8 Å².